The smallest absolute Gasteiger partial charge is 0.438 e. The zero-order chi connectivity index (χ0) is 34.5. The monoisotopic (exact) mass is 635 g/mol. The van der Waals surface area contributed by atoms with Crippen LogP contribution in [0.3, 0.4) is 0 Å². The minimum atomic E-state index is -1.05. The van der Waals surface area contributed by atoms with Gasteiger partial charge in [-0.3, -0.25) is 19.2 Å². The van der Waals surface area contributed by atoms with Crippen molar-refractivity contribution in [2.45, 2.75) is 99.3 Å². The van der Waals surface area contributed by atoms with E-state index in [1.54, 1.807) is 0 Å². The molecule has 13 heteroatoms. The number of amides is 5. The van der Waals surface area contributed by atoms with Gasteiger partial charge in [0.1, 0.15) is 18.7 Å². The van der Waals surface area contributed by atoms with Crippen LogP contribution in [0.1, 0.15) is 75.2 Å². The van der Waals surface area contributed by atoms with Gasteiger partial charge < -0.3 is 35.6 Å². The largest absolute Gasteiger partial charge is 0.508 e. The number of nitrogens with one attached hydrogen (secondary N) is 4. The summed E-state index contributed by atoms with van der Waals surface area (Å²) in [4.78, 5) is 79.7. The van der Waals surface area contributed by atoms with Gasteiger partial charge in [-0.2, -0.15) is 0 Å². The molecule has 45 heavy (non-hydrogen) atoms. The predicted octanol–water partition coefficient (Wildman–Crippen LogP) is 2.54. The number of hydrogen-bond donors (Lipinski definition) is 4. The van der Waals surface area contributed by atoms with Crippen molar-refractivity contribution in [2.24, 2.45) is 28.1 Å². The molecule has 1 heterocycles. The highest BCUT2D eigenvalue weighted by Crippen LogP contribution is 2.65. The topological polar surface area (TPSA) is 172 Å². The lowest BCUT2D eigenvalue weighted by Crippen LogP contribution is -2.62. The van der Waals surface area contributed by atoms with Gasteiger partial charge in [0, 0.05) is 13.1 Å². The van der Waals surface area contributed by atoms with E-state index in [1.807, 2.05) is 62.3 Å². The van der Waals surface area contributed by atoms with E-state index in [0.717, 1.165) is 0 Å². The lowest BCUT2D eigenvalue weighted by Gasteiger charge is -2.38. The Kier molecular flexibility index (Phi) is 12.2. The Labute approximate surface area is 267 Å². The molecule has 3 unspecified atom stereocenters. The quantitative estimate of drug-likeness (QED) is 0.136. The molecule has 0 aromatic carbocycles. The van der Waals surface area contributed by atoms with Crippen LogP contribution < -0.4 is 21.3 Å². The van der Waals surface area contributed by atoms with E-state index in [2.05, 4.69) is 32.6 Å². The molecule has 6 atom stereocenters. The van der Waals surface area contributed by atoms with Crippen LogP contribution in [0, 0.1) is 28.1 Å². The molecular weight excluding hydrogens is 582 g/mol. The fraction of sp³-hybridized carbons (Fsp3) is 0.750. The lowest BCUT2D eigenvalue weighted by molar-refractivity contribution is -0.145. The number of methoxy groups -OCH3 is 1. The molecule has 2 aliphatic rings. The maximum Gasteiger partial charge on any atom is 0.508 e. The summed E-state index contributed by atoms with van der Waals surface area (Å²) < 4.78 is 9.62. The van der Waals surface area contributed by atoms with Crippen LogP contribution in [0.5, 0.6) is 0 Å². The molecular formula is C32H53N5O8. The number of ketones is 1. The van der Waals surface area contributed by atoms with Gasteiger partial charge >= 0.3 is 12.2 Å². The van der Waals surface area contributed by atoms with Crippen LogP contribution in [0.25, 0.3) is 0 Å². The third-order valence-electron chi connectivity index (χ3n) is 8.87. The molecule has 0 aromatic heterocycles. The molecule has 1 aliphatic heterocycles. The number of Topliss-reactive ketones (excluding diaryl/α,β-unsaturated/α-hetero) is 1. The summed E-state index contributed by atoms with van der Waals surface area (Å²) in [5.74, 6) is -2.60. The first kappa shape index (κ1) is 37.5. The second-order valence-corrected chi connectivity index (χ2v) is 14.7. The number of rotatable bonds is 13. The van der Waals surface area contributed by atoms with Crippen LogP contribution in [0.4, 0.5) is 9.59 Å². The van der Waals surface area contributed by atoms with Crippen molar-refractivity contribution in [1.82, 2.24) is 26.2 Å². The van der Waals surface area contributed by atoms with Crippen LogP contribution in [-0.2, 0) is 28.7 Å². The Morgan fingerprint density at radius 3 is 2.13 bits per heavy atom. The molecule has 1 saturated heterocycles. The Balaban J connectivity index is 2.30. The van der Waals surface area contributed by atoms with Crippen molar-refractivity contribution in [3.63, 3.8) is 0 Å². The van der Waals surface area contributed by atoms with Gasteiger partial charge in [0.2, 0.25) is 17.6 Å². The number of urea groups is 1. The van der Waals surface area contributed by atoms with Gasteiger partial charge in [-0.15, -0.1) is 6.58 Å². The van der Waals surface area contributed by atoms with Crippen molar-refractivity contribution in [2.75, 3.05) is 26.8 Å². The molecule has 0 spiro atoms. The number of hydrogen-bond acceptors (Lipinski definition) is 8. The first-order valence-electron chi connectivity index (χ1n) is 15.5. The minimum Gasteiger partial charge on any atom is -0.438 e. The number of piperidine rings is 1. The summed E-state index contributed by atoms with van der Waals surface area (Å²) in [7, 11) is 1.19. The van der Waals surface area contributed by atoms with Crippen LogP contribution in [0.2, 0.25) is 0 Å². The van der Waals surface area contributed by atoms with Crippen molar-refractivity contribution in [3.05, 3.63) is 12.7 Å². The van der Waals surface area contributed by atoms with Crippen molar-refractivity contribution >= 4 is 35.7 Å². The van der Waals surface area contributed by atoms with Gasteiger partial charge in [-0.05, 0) is 34.5 Å². The molecule has 4 N–H and O–H groups in total. The van der Waals surface area contributed by atoms with Crippen LogP contribution in [-0.4, -0.2) is 91.6 Å². The fourth-order valence-electron chi connectivity index (χ4n) is 5.90. The lowest BCUT2D eigenvalue weighted by atomic mass is 9.85. The maximum absolute atomic E-state index is 14.2. The van der Waals surface area contributed by atoms with Gasteiger partial charge in [-0.1, -0.05) is 74.8 Å². The Hall–Kier alpha value is -3.64. The normalized spacial score (nSPS) is 22.1. The highest BCUT2D eigenvalue weighted by atomic mass is 16.7. The zero-order valence-corrected chi connectivity index (χ0v) is 28.5. The second-order valence-electron chi connectivity index (χ2n) is 14.7. The first-order valence-corrected chi connectivity index (χ1v) is 15.5. The summed E-state index contributed by atoms with van der Waals surface area (Å²) in [6.45, 7) is 20.8. The van der Waals surface area contributed by atoms with E-state index in [0.29, 0.717) is 13.0 Å². The van der Waals surface area contributed by atoms with E-state index in [4.69, 9.17) is 4.74 Å². The third-order valence-corrected chi connectivity index (χ3v) is 8.87. The number of likely N-dealkylation sites (tertiary alicyclic amines) is 1. The van der Waals surface area contributed by atoms with Gasteiger partial charge in [0.25, 0.3) is 5.91 Å². The molecule has 2 fully saturated rings. The van der Waals surface area contributed by atoms with Crippen molar-refractivity contribution in [3.8, 4) is 0 Å². The summed E-state index contributed by atoms with van der Waals surface area (Å²) >= 11 is 0. The Bertz CT molecular complexity index is 1160. The van der Waals surface area contributed by atoms with E-state index >= 15 is 0 Å². The van der Waals surface area contributed by atoms with E-state index < -0.39 is 70.7 Å². The SMILES string of the molecule is C=CCNC(=O)C(=O)C(CCC)NC(=O)[C@@H]1C2C(CN1C(=O)[C@@H](NC(=O)N[C@H](COC(=O)OC)C(C)(C)C)C(C)(C)C)C2(C)C. The second kappa shape index (κ2) is 14.6. The molecule has 0 bridgehead atoms. The number of ether oxygens (including phenoxy) is 2. The molecule has 2 rings (SSSR count). The number of fused-ring (bicyclic) bond motifs is 1. The minimum absolute atomic E-state index is 0.0589. The summed E-state index contributed by atoms with van der Waals surface area (Å²) in [6, 6.07) is -4.20. The molecule has 254 valence electrons. The average molecular weight is 636 g/mol. The highest BCUT2D eigenvalue weighted by Gasteiger charge is 2.70. The third kappa shape index (κ3) is 9.20. The molecule has 0 aromatic rings. The fourth-order valence-corrected chi connectivity index (χ4v) is 5.90. The Morgan fingerprint density at radius 1 is 1.00 bits per heavy atom. The maximum atomic E-state index is 14.2. The summed E-state index contributed by atoms with van der Waals surface area (Å²) in [5.41, 5.74) is -1.46. The highest BCUT2D eigenvalue weighted by molar-refractivity contribution is 6.38. The predicted molar refractivity (Wildman–Crippen MR) is 168 cm³/mol. The van der Waals surface area contributed by atoms with Crippen LogP contribution in [0.15, 0.2) is 12.7 Å². The number of carbonyl (C=O) groups excluding carboxylic acids is 6. The molecule has 13 nitrogen and oxygen atoms in total. The van der Waals surface area contributed by atoms with Gasteiger partial charge in [0.05, 0.1) is 19.2 Å². The summed E-state index contributed by atoms with van der Waals surface area (Å²) in [5, 5.41) is 10.8. The van der Waals surface area contributed by atoms with Crippen molar-refractivity contribution < 1.29 is 38.2 Å². The van der Waals surface area contributed by atoms with Gasteiger partial charge in [-0.25, -0.2) is 9.59 Å². The Morgan fingerprint density at radius 2 is 1.62 bits per heavy atom. The van der Waals surface area contributed by atoms with E-state index in [9.17, 15) is 28.8 Å². The van der Waals surface area contributed by atoms with Crippen LogP contribution >= 0.6 is 0 Å². The van der Waals surface area contributed by atoms with Gasteiger partial charge in [0.15, 0.2) is 0 Å². The number of carbonyl (C=O) groups is 6. The van der Waals surface area contributed by atoms with Crippen molar-refractivity contribution in [1.29, 1.82) is 0 Å². The standard InChI is InChI=1S/C32H53N5O8/c1-12-14-19(23(38)26(40)33-15-13-2)34-25(39)22-21-18(32(21,9)10)16-37(22)27(41)24(31(6,7)8)36-28(42)35-20(30(3,4)5)17-45-29(43)44-11/h13,18-22,24H,2,12,14-17H2,1,3-11H3,(H,33,40)(H,34,39)(H2,35,36,42)/t18?,19?,20-,21?,22+,24-/m1/s1. The average Bonchev–Trinajstić information content (AvgIpc) is 3.26. The molecule has 1 aliphatic carbocycles. The summed E-state index contributed by atoms with van der Waals surface area (Å²) in [6.07, 6.45) is 1.37. The molecule has 5 amide bonds. The number of nitrogens with zero attached hydrogens (tertiary/aromatic N) is 1. The first-order chi connectivity index (χ1) is 20.7. The van der Waals surface area contributed by atoms with E-state index in [1.165, 1.54) is 18.1 Å². The van der Waals surface area contributed by atoms with E-state index in [-0.39, 0.29) is 36.8 Å². The zero-order valence-electron chi connectivity index (χ0n) is 28.5. The molecule has 0 radical (unpaired) electrons. The molecule has 1 saturated carbocycles.